The second-order valence-electron chi connectivity index (χ2n) is 7.61. The average Bonchev–Trinajstić information content (AvgIpc) is 2.75. The van der Waals surface area contributed by atoms with Crippen LogP contribution in [0, 0.1) is 6.92 Å². The van der Waals surface area contributed by atoms with Crippen LogP contribution in [0.15, 0.2) is 47.4 Å². The van der Waals surface area contributed by atoms with Gasteiger partial charge in [-0.3, -0.25) is 4.79 Å². The van der Waals surface area contributed by atoms with E-state index in [-0.39, 0.29) is 16.8 Å². The van der Waals surface area contributed by atoms with E-state index in [9.17, 15) is 13.2 Å². The first kappa shape index (κ1) is 20.1. The lowest BCUT2D eigenvalue weighted by Crippen LogP contribution is -2.41. The van der Waals surface area contributed by atoms with E-state index in [2.05, 4.69) is 17.4 Å². The van der Waals surface area contributed by atoms with Gasteiger partial charge in [-0.1, -0.05) is 30.3 Å². The molecule has 0 spiro atoms. The monoisotopic (exact) mass is 414 g/mol. The van der Waals surface area contributed by atoms with Gasteiger partial charge < -0.3 is 10.1 Å². The quantitative estimate of drug-likeness (QED) is 0.835. The Kier molecular flexibility index (Phi) is 5.72. The van der Waals surface area contributed by atoms with Crippen molar-refractivity contribution in [3.05, 3.63) is 64.7 Å². The van der Waals surface area contributed by atoms with Crippen molar-refractivity contribution in [1.82, 2.24) is 9.62 Å². The van der Waals surface area contributed by atoms with Crippen molar-refractivity contribution >= 4 is 15.9 Å². The summed E-state index contributed by atoms with van der Waals surface area (Å²) in [6.45, 7) is 3.19. The molecule has 0 unspecified atom stereocenters. The highest BCUT2D eigenvalue weighted by atomic mass is 32.2. The smallest absolute Gasteiger partial charge is 0.251 e. The number of benzene rings is 2. The number of amides is 1. The summed E-state index contributed by atoms with van der Waals surface area (Å²) in [6, 6.07) is 13.0. The fourth-order valence-electron chi connectivity index (χ4n) is 4.09. The second kappa shape index (κ2) is 8.26. The molecule has 154 valence electrons. The third-order valence-electron chi connectivity index (χ3n) is 5.71. The van der Waals surface area contributed by atoms with Crippen molar-refractivity contribution < 1.29 is 17.9 Å². The van der Waals surface area contributed by atoms with Gasteiger partial charge in [0.25, 0.3) is 5.91 Å². The lowest BCUT2D eigenvalue weighted by molar-refractivity contribution is 0.0730. The highest BCUT2D eigenvalue weighted by molar-refractivity contribution is 7.89. The number of hydrogen-bond acceptors (Lipinski definition) is 4. The Balaban J connectivity index is 1.58. The maximum Gasteiger partial charge on any atom is 0.251 e. The van der Waals surface area contributed by atoms with Crippen LogP contribution in [0.4, 0.5) is 0 Å². The molecule has 1 saturated heterocycles. The standard InChI is InChI=1S/C22H26N2O4S/c1-16-9-10-18(15-21(16)29(26,27)24-11-13-28-14-12-24)22(25)23-20-8-4-6-17-5-2-3-7-19(17)20/h2-3,5,7,9-10,15,20H,4,6,8,11-14H2,1H3,(H,23,25)/t20-/m1/s1. The summed E-state index contributed by atoms with van der Waals surface area (Å²) in [6.07, 6.45) is 2.93. The van der Waals surface area contributed by atoms with E-state index in [0.717, 1.165) is 24.8 Å². The molecule has 1 heterocycles. The van der Waals surface area contributed by atoms with Gasteiger partial charge in [0.15, 0.2) is 0 Å². The molecule has 2 aromatic carbocycles. The lowest BCUT2D eigenvalue weighted by Gasteiger charge is -2.27. The summed E-state index contributed by atoms with van der Waals surface area (Å²) in [5.41, 5.74) is 3.42. The van der Waals surface area contributed by atoms with Crippen molar-refractivity contribution in [2.24, 2.45) is 0 Å². The van der Waals surface area contributed by atoms with Crippen LogP contribution >= 0.6 is 0 Å². The van der Waals surface area contributed by atoms with E-state index in [1.807, 2.05) is 12.1 Å². The van der Waals surface area contributed by atoms with Gasteiger partial charge in [-0.2, -0.15) is 4.31 Å². The van der Waals surface area contributed by atoms with Crippen LogP contribution < -0.4 is 5.32 Å². The number of carbonyl (C=O) groups is 1. The fraction of sp³-hybridized carbons (Fsp3) is 0.409. The highest BCUT2D eigenvalue weighted by Gasteiger charge is 2.29. The van der Waals surface area contributed by atoms with Gasteiger partial charge in [0.2, 0.25) is 10.0 Å². The summed E-state index contributed by atoms with van der Waals surface area (Å²) in [5.74, 6) is -0.245. The van der Waals surface area contributed by atoms with Crippen LogP contribution in [-0.4, -0.2) is 44.9 Å². The largest absolute Gasteiger partial charge is 0.379 e. The van der Waals surface area contributed by atoms with E-state index in [1.54, 1.807) is 19.1 Å². The minimum absolute atomic E-state index is 0.0481. The number of sulfonamides is 1. The number of hydrogen-bond donors (Lipinski definition) is 1. The number of ether oxygens (including phenoxy) is 1. The van der Waals surface area contributed by atoms with Crippen LogP contribution in [0.3, 0.4) is 0 Å². The van der Waals surface area contributed by atoms with Crippen molar-refractivity contribution in [1.29, 1.82) is 0 Å². The van der Waals surface area contributed by atoms with Crippen molar-refractivity contribution in [3.8, 4) is 0 Å². The van der Waals surface area contributed by atoms with E-state index in [4.69, 9.17) is 4.74 Å². The Morgan fingerprint density at radius 2 is 1.90 bits per heavy atom. The summed E-state index contributed by atoms with van der Waals surface area (Å²) in [5, 5.41) is 3.10. The molecule has 29 heavy (non-hydrogen) atoms. The summed E-state index contributed by atoms with van der Waals surface area (Å²) >= 11 is 0. The molecule has 0 bridgehead atoms. The van der Waals surface area contributed by atoms with E-state index >= 15 is 0 Å². The third kappa shape index (κ3) is 4.08. The van der Waals surface area contributed by atoms with Crippen molar-refractivity contribution in [3.63, 3.8) is 0 Å². The van der Waals surface area contributed by atoms with Gasteiger partial charge in [0.1, 0.15) is 0 Å². The molecule has 0 saturated carbocycles. The predicted octanol–water partition coefficient (Wildman–Crippen LogP) is 2.82. The number of nitrogens with zero attached hydrogens (tertiary/aromatic N) is 1. The zero-order valence-electron chi connectivity index (χ0n) is 16.6. The first-order valence-corrected chi connectivity index (χ1v) is 11.5. The Bertz CT molecular complexity index is 1010. The zero-order valence-corrected chi connectivity index (χ0v) is 17.4. The molecule has 2 aromatic rings. The number of aryl methyl sites for hydroxylation is 2. The first-order chi connectivity index (χ1) is 14.0. The number of fused-ring (bicyclic) bond motifs is 1. The number of morpholine rings is 1. The molecule has 0 radical (unpaired) electrons. The van der Waals surface area contributed by atoms with Gasteiger partial charge in [-0.15, -0.1) is 0 Å². The Labute approximate surface area is 171 Å². The number of nitrogens with one attached hydrogen (secondary N) is 1. The van der Waals surface area contributed by atoms with Crippen LogP contribution in [0.1, 0.15) is 45.9 Å². The summed E-state index contributed by atoms with van der Waals surface area (Å²) in [4.78, 5) is 13.1. The van der Waals surface area contributed by atoms with Gasteiger partial charge in [0.05, 0.1) is 24.2 Å². The van der Waals surface area contributed by atoms with Gasteiger partial charge in [-0.05, 0) is 55.0 Å². The zero-order chi connectivity index (χ0) is 20.4. The molecule has 4 rings (SSSR count). The molecule has 2 aliphatic rings. The molecule has 6 nitrogen and oxygen atoms in total. The van der Waals surface area contributed by atoms with Crippen LogP contribution in [-0.2, 0) is 21.2 Å². The molecule has 1 amide bonds. The second-order valence-corrected chi connectivity index (χ2v) is 9.52. The van der Waals surface area contributed by atoms with E-state index < -0.39 is 10.0 Å². The Morgan fingerprint density at radius 1 is 1.14 bits per heavy atom. The Hall–Kier alpha value is -2.22. The predicted molar refractivity (Wildman–Crippen MR) is 110 cm³/mol. The van der Waals surface area contributed by atoms with Gasteiger partial charge in [0, 0.05) is 18.7 Å². The van der Waals surface area contributed by atoms with Gasteiger partial charge in [-0.25, -0.2) is 8.42 Å². The maximum atomic E-state index is 13.1. The fourth-order valence-corrected chi connectivity index (χ4v) is 5.75. The molecule has 0 aromatic heterocycles. The summed E-state index contributed by atoms with van der Waals surface area (Å²) < 4.78 is 32.8. The number of carbonyl (C=O) groups excluding carboxylic acids is 1. The minimum atomic E-state index is -3.66. The normalized spacial score (nSPS) is 20.1. The van der Waals surface area contributed by atoms with Crippen molar-refractivity contribution in [2.45, 2.75) is 37.1 Å². The molecule has 1 atom stereocenters. The van der Waals surface area contributed by atoms with Crippen LogP contribution in [0.25, 0.3) is 0 Å². The molecule has 1 aliphatic carbocycles. The van der Waals surface area contributed by atoms with Crippen LogP contribution in [0.2, 0.25) is 0 Å². The molecule has 1 N–H and O–H groups in total. The molecular weight excluding hydrogens is 388 g/mol. The molecular formula is C22H26N2O4S. The van der Waals surface area contributed by atoms with Crippen molar-refractivity contribution in [2.75, 3.05) is 26.3 Å². The van der Waals surface area contributed by atoms with E-state index in [1.165, 1.54) is 15.9 Å². The molecule has 1 aliphatic heterocycles. The average molecular weight is 415 g/mol. The molecule has 7 heteroatoms. The summed E-state index contributed by atoms with van der Waals surface area (Å²) in [7, 11) is -3.66. The SMILES string of the molecule is Cc1ccc(C(=O)N[C@@H]2CCCc3ccccc32)cc1S(=O)(=O)N1CCOCC1. The third-order valence-corrected chi connectivity index (χ3v) is 7.75. The van der Waals surface area contributed by atoms with Crippen LogP contribution in [0.5, 0.6) is 0 Å². The highest BCUT2D eigenvalue weighted by Crippen LogP contribution is 2.30. The first-order valence-electron chi connectivity index (χ1n) is 10.0. The molecule has 1 fully saturated rings. The van der Waals surface area contributed by atoms with Gasteiger partial charge >= 0.3 is 0 Å². The topological polar surface area (TPSA) is 75.7 Å². The van der Waals surface area contributed by atoms with E-state index in [0.29, 0.717) is 37.4 Å². The maximum absolute atomic E-state index is 13.1. The minimum Gasteiger partial charge on any atom is -0.379 e. The number of rotatable bonds is 4. The Morgan fingerprint density at radius 3 is 2.69 bits per heavy atom. The lowest BCUT2D eigenvalue weighted by atomic mass is 9.87.